The van der Waals surface area contributed by atoms with Crippen LogP contribution in [-0.2, 0) is 4.79 Å². The lowest BCUT2D eigenvalue weighted by Crippen LogP contribution is -2.46. The summed E-state index contributed by atoms with van der Waals surface area (Å²) in [4.78, 5) is 23.2. The number of urea groups is 1. The zero-order valence-electron chi connectivity index (χ0n) is 8.48. The molecule has 0 radical (unpaired) electrons. The van der Waals surface area contributed by atoms with Crippen molar-refractivity contribution in [2.45, 2.75) is 12.8 Å². The molecule has 1 saturated heterocycles. The van der Waals surface area contributed by atoms with Crippen LogP contribution in [0.3, 0.4) is 0 Å². The number of aliphatic hydroxyl groups is 1. The minimum atomic E-state index is -1.05. The van der Waals surface area contributed by atoms with Crippen molar-refractivity contribution in [1.82, 2.24) is 10.2 Å². The predicted molar refractivity (Wildman–Crippen MR) is 52.4 cm³/mol. The highest BCUT2D eigenvalue weighted by Gasteiger charge is 2.22. The summed E-state index contributed by atoms with van der Waals surface area (Å²) in [6, 6.07) is -0.339. The van der Waals surface area contributed by atoms with E-state index >= 15 is 0 Å². The number of hydrogen-bond acceptors (Lipinski definition) is 3. The highest BCUT2D eigenvalue weighted by atomic mass is 16.4. The SMILES string of the molecule is O=C(O)CNC(=O)N1CCC(CO)CC1. The molecule has 15 heavy (non-hydrogen) atoms. The van der Waals surface area contributed by atoms with Gasteiger partial charge in [-0.2, -0.15) is 0 Å². The molecule has 0 saturated carbocycles. The molecule has 0 aromatic rings. The van der Waals surface area contributed by atoms with Crippen LogP contribution >= 0.6 is 0 Å². The van der Waals surface area contributed by atoms with Crippen molar-refractivity contribution < 1.29 is 19.8 Å². The number of carbonyl (C=O) groups excluding carboxylic acids is 1. The van der Waals surface area contributed by atoms with Gasteiger partial charge in [0.05, 0.1) is 0 Å². The van der Waals surface area contributed by atoms with Crippen LogP contribution in [-0.4, -0.2) is 53.4 Å². The summed E-state index contributed by atoms with van der Waals surface area (Å²) in [5.41, 5.74) is 0. The summed E-state index contributed by atoms with van der Waals surface area (Å²) >= 11 is 0. The van der Waals surface area contributed by atoms with Gasteiger partial charge < -0.3 is 20.4 Å². The number of carbonyl (C=O) groups is 2. The van der Waals surface area contributed by atoms with E-state index in [4.69, 9.17) is 10.2 Å². The third-order valence-corrected chi connectivity index (χ3v) is 2.55. The standard InChI is InChI=1S/C9H16N2O4/c12-6-7-1-3-11(4-2-7)9(15)10-5-8(13)14/h7,12H,1-6H2,(H,10,15)(H,13,14). The summed E-state index contributed by atoms with van der Waals surface area (Å²) < 4.78 is 0. The monoisotopic (exact) mass is 216 g/mol. The molecule has 0 aliphatic carbocycles. The van der Waals surface area contributed by atoms with E-state index in [0.717, 1.165) is 12.8 Å². The molecule has 6 heteroatoms. The second-order valence-electron chi connectivity index (χ2n) is 3.67. The molecule has 0 aromatic heterocycles. The van der Waals surface area contributed by atoms with Gasteiger partial charge in [-0.3, -0.25) is 4.79 Å². The Morgan fingerprint density at radius 2 is 1.93 bits per heavy atom. The van der Waals surface area contributed by atoms with Gasteiger partial charge in [-0.05, 0) is 18.8 Å². The summed E-state index contributed by atoms with van der Waals surface area (Å²) in [6.07, 6.45) is 1.55. The Morgan fingerprint density at radius 1 is 1.33 bits per heavy atom. The van der Waals surface area contributed by atoms with Crippen molar-refractivity contribution in [3.63, 3.8) is 0 Å². The maximum absolute atomic E-state index is 11.4. The normalized spacial score (nSPS) is 17.5. The van der Waals surface area contributed by atoms with Gasteiger partial charge in [0, 0.05) is 19.7 Å². The summed E-state index contributed by atoms with van der Waals surface area (Å²) in [5, 5.41) is 19.6. The number of nitrogens with zero attached hydrogens (tertiary/aromatic N) is 1. The number of carboxylic acids is 1. The van der Waals surface area contributed by atoms with E-state index in [1.807, 2.05) is 0 Å². The Hall–Kier alpha value is -1.30. The maximum atomic E-state index is 11.4. The quantitative estimate of drug-likeness (QED) is 0.592. The van der Waals surface area contributed by atoms with Crippen molar-refractivity contribution in [3.8, 4) is 0 Å². The first-order chi connectivity index (χ1) is 7.13. The van der Waals surface area contributed by atoms with Crippen LogP contribution in [0.1, 0.15) is 12.8 Å². The highest BCUT2D eigenvalue weighted by Crippen LogP contribution is 2.15. The van der Waals surface area contributed by atoms with Crippen LogP contribution in [0.15, 0.2) is 0 Å². The van der Waals surface area contributed by atoms with Crippen molar-refractivity contribution in [2.24, 2.45) is 5.92 Å². The van der Waals surface area contributed by atoms with E-state index in [9.17, 15) is 9.59 Å². The zero-order valence-corrected chi connectivity index (χ0v) is 8.48. The first-order valence-electron chi connectivity index (χ1n) is 4.99. The maximum Gasteiger partial charge on any atom is 0.323 e. The Balaban J connectivity index is 2.27. The lowest BCUT2D eigenvalue weighted by molar-refractivity contribution is -0.135. The Labute approximate surface area is 87.9 Å². The number of likely N-dealkylation sites (tertiary alicyclic amines) is 1. The lowest BCUT2D eigenvalue weighted by atomic mass is 9.98. The molecule has 0 spiro atoms. The van der Waals surface area contributed by atoms with Crippen LogP contribution in [0.25, 0.3) is 0 Å². The van der Waals surface area contributed by atoms with Gasteiger partial charge in [0.2, 0.25) is 0 Å². The third kappa shape index (κ3) is 3.75. The van der Waals surface area contributed by atoms with Gasteiger partial charge in [-0.25, -0.2) is 4.79 Å². The Morgan fingerprint density at radius 3 is 2.40 bits per heavy atom. The fourth-order valence-electron chi connectivity index (χ4n) is 1.58. The molecule has 0 aromatic carbocycles. The first-order valence-corrected chi connectivity index (χ1v) is 4.99. The fourth-order valence-corrected chi connectivity index (χ4v) is 1.58. The molecule has 2 amide bonds. The number of aliphatic hydroxyl groups excluding tert-OH is 1. The molecular weight excluding hydrogens is 200 g/mol. The molecule has 3 N–H and O–H groups in total. The summed E-state index contributed by atoms with van der Waals surface area (Å²) in [5.74, 6) is -0.776. The highest BCUT2D eigenvalue weighted by molar-refractivity contribution is 5.79. The first kappa shape index (κ1) is 11.8. The number of aliphatic carboxylic acids is 1. The summed E-state index contributed by atoms with van der Waals surface area (Å²) in [7, 11) is 0. The van der Waals surface area contributed by atoms with Crippen molar-refractivity contribution in [2.75, 3.05) is 26.2 Å². The minimum absolute atomic E-state index is 0.157. The van der Waals surface area contributed by atoms with E-state index in [1.54, 1.807) is 4.90 Å². The second-order valence-corrected chi connectivity index (χ2v) is 3.67. The van der Waals surface area contributed by atoms with Crippen LogP contribution in [0, 0.1) is 5.92 Å². The molecule has 0 bridgehead atoms. The smallest absolute Gasteiger partial charge is 0.323 e. The summed E-state index contributed by atoms with van der Waals surface area (Å²) in [6.45, 7) is 0.969. The number of carboxylic acid groups (broad SMARTS) is 1. The Kier molecular flexibility index (Phi) is 4.36. The van der Waals surface area contributed by atoms with Gasteiger partial charge >= 0.3 is 12.0 Å². The molecular formula is C9H16N2O4. The second kappa shape index (κ2) is 5.55. The average molecular weight is 216 g/mol. The van der Waals surface area contributed by atoms with E-state index in [0.29, 0.717) is 13.1 Å². The van der Waals surface area contributed by atoms with Gasteiger partial charge in [-0.15, -0.1) is 0 Å². The number of hydrogen-bond donors (Lipinski definition) is 3. The number of amides is 2. The lowest BCUT2D eigenvalue weighted by Gasteiger charge is -2.30. The van der Waals surface area contributed by atoms with E-state index in [1.165, 1.54) is 0 Å². The van der Waals surface area contributed by atoms with Gasteiger partial charge in [-0.1, -0.05) is 0 Å². The van der Waals surface area contributed by atoms with E-state index in [-0.39, 0.29) is 25.1 Å². The molecule has 1 heterocycles. The minimum Gasteiger partial charge on any atom is -0.480 e. The molecule has 86 valence electrons. The zero-order chi connectivity index (χ0) is 11.3. The number of rotatable bonds is 3. The molecule has 0 unspecified atom stereocenters. The van der Waals surface area contributed by atoms with Gasteiger partial charge in [0.1, 0.15) is 6.54 Å². The molecule has 0 atom stereocenters. The average Bonchev–Trinajstić information content (AvgIpc) is 2.26. The van der Waals surface area contributed by atoms with Gasteiger partial charge in [0.25, 0.3) is 0 Å². The molecule has 1 rings (SSSR count). The molecule has 1 aliphatic rings. The molecule has 1 aliphatic heterocycles. The van der Waals surface area contributed by atoms with Crippen molar-refractivity contribution in [3.05, 3.63) is 0 Å². The predicted octanol–water partition coefficient (Wildman–Crippen LogP) is -0.515. The van der Waals surface area contributed by atoms with Crippen LogP contribution in [0.4, 0.5) is 4.79 Å². The number of piperidine rings is 1. The topological polar surface area (TPSA) is 89.9 Å². The molecule has 1 fully saturated rings. The number of nitrogens with one attached hydrogen (secondary N) is 1. The third-order valence-electron chi connectivity index (χ3n) is 2.55. The Bertz CT molecular complexity index is 236. The van der Waals surface area contributed by atoms with E-state index in [2.05, 4.69) is 5.32 Å². The molecule has 6 nitrogen and oxygen atoms in total. The van der Waals surface area contributed by atoms with Gasteiger partial charge in [0.15, 0.2) is 0 Å². The largest absolute Gasteiger partial charge is 0.480 e. The van der Waals surface area contributed by atoms with Crippen LogP contribution in [0.2, 0.25) is 0 Å². The van der Waals surface area contributed by atoms with Crippen LogP contribution in [0.5, 0.6) is 0 Å². The van der Waals surface area contributed by atoms with Crippen LogP contribution < -0.4 is 5.32 Å². The fraction of sp³-hybridized carbons (Fsp3) is 0.778. The van der Waals surface area contributed by atoms with Crippen molar-refractivity contribution >= 4 is 12.0 Å². The van der Waals surface area contributed by atoms with Crippen molar-refractivity contribution in [1.29, 1.82) is 0 Å². The van der Waals surface area contributed by atoms with E-state index < -0.39 is 5.97 Å².